The third-order valence-corrected chi connectivity index (χ3v) is 4.34. The van der Waals surface area contributed by atoms with Gasteiger partial charge in [-0.05, 0) is 41.8 Å². The molecule has 4 nitrogen and oxygen atoms in total. The Hall–Kier alpha value is -1.56. The van der Waals surface area contributed by atoms with Crippen LogP contribution in [0.5, 0.6) is 11.5 Å². The zero-order chi connectivity index (χ0) is 16.9. The molecule has 1 unspecified atom stereocenters. The lowest BCUT2D eigenvalue weighted by Crippen LogP contribution is -2.47. The van der Waals surface area contributed by atoms with Gasteiger partial charge in [-0.1, -0.05) is 38.1 Å². The molecular weight excluding hydrogens is 370 g/mol. The topological polar surface area (TPSA) is 72.7 Å². The third-order valence-electron chi connectivity index (χ3n) is 4.34. The molecule has 5 heteroatoms. The Kier molecular flexibility index (Phi) is 7.73. The number of halogens is 1. The van der Waals surface area contributed by atoms with Crippen molar-refractivity contribution in [3.63, 3.8) is 0 Å². The minimum absolute atomic E-state index is 0. The Balaban J connectivity index is 0.00000288. The number of rotatable bonds is 7. The van der Waals surface area contributed by atoms with Crippen LogP contribution in [-0.4, -0.2) is 34.5 Å². The van der Waals surface area contributed by atoms with E-state index in [1.54, 1.807) is 24.3 Å². The van der Waals surface area contributed by atoms with Crippen molar-refractivity contribution in [2.75, 3.05) is 13.2 Å². The molecule has 0 heterocycles. The fraction of sp³-hybridized carbons (Fsp3) is 0.368. The average molecular weight is 396 g/mol. The molecule has 0 saturated carbocycles. The van der Waals surface area contributed by atoms with Crippen molar-refractivity contribution in [3.05, 3.63) is 59.7 Å². The molecule has 132 valence electrons. The molecule has 0 aromatic heterocycles. The quantitative estimate of drug-likeness (QED) is 0.580. The van der Waals surface area contributed by atoms with Crippen LogP contribution in [0, 0.1) is 0 Å². The van der Waals surface area contributed by atoms with E-state index in [1.807, 2.05) is 24.3 Å². The lowest BCUT2D eigenvalue weighted by Gasteiger charge is -2.36. The van der Waals surface area contributed by atoms with Gasteiger partial charge in [0, 0.05) is 18.0 Å². The molecule has 2 aromatic rings. The van der Waals surface area contributed by atoms with E-state index in [2.05, 4.69) is 19.2 Å². The fourth-order valence-corrected chi connectivity index (χ4v) is 2.80. The number of hydrogen-bond acceptors (Lipinski definition) is 4. The number of hydrogen-bond donors (Lipinski definition) is 4. The number of aromatic hydroxyl groups is 2. The first-order valence-corrected chi connectivity index (χ1v) is 7.85. The lowest BCUT2D eigenvalue weighted by atomic mass is 9.75. The molecule has 0 aliphatic carbocycles. The van der Waals surface area contributed by atoms with Crippen molar-refractivity contribution in [3.8, 4) is 11.5 Å². The van der Waals surface area contributed by atoms with Crippen molar-refractivity contribution in [1.29, 1.82) is 0 Å². The number of phenols is 2. The monoisotopic (exact) mass is 395 g/mol. The van der Waals surface area contributed by atoms with Gasteiger partial charge in [-0.3, -0.25) is 0 Å². The van der Waals surface area contributed by atoms with Gasteiger partial charge in [-0.25, -0.2) is 0 Å². The second kappa shape index (κ2) is 9.06. The molecule has 1 atom stereocenters. The average Bonchev–Trinajstić information content (AvgIpc) is 2.53. The summed E-state index contributed by atoms with van der Waals surface area (Å²) in [6, 6.07) is 14.5. The predicted octanol–water partition coefficient (Wildman–Crippen LogP) is 3.15. The number of aliphatic hydroxyl groups is 1. The van der Waals surface area contributed by atoms with Crippen LogP contribution in [0.2, 0.25) is 0 Å². The molecule has 0 bridgehead atoms. The van der Waals surface area contributed by atoms with E-state index in [4.69, 9.17) is 5.11 Å². The highest BCUT2D eigenvalue weighted by atomic mass is 79.9. The molecule has 2 rings (SSSR count). The third kappa shape index (κ3) is 5.23. The van der Waals surface area contributed by atoms with E-state index in [-0.39, 0.29) is 46.5 Å². The minimum Gasteiger partial charge on any atom is -0.508 e. The summed E-state index contributed by atoms with van der Waals surface area (Å²) in [5.41, 5.74) is 1.89. The first-order chi connectivity index (χ1) is 10.9. The largest absolute Gasteiger partial charge is 0.508 e. The van der Waals surface area contributed by atoms with E-state index in [0.717, 1.165) is 17.5 Å². The van der Waals surface area contributed by atoms with Crippen LogP contribution in [0.1, 0.15) is 25.0 Å². The first kappa shape index (κ1) is 20.5. The summed E-state index contributed by atoms with van der Waals surface area (Å²) >= 11 is 0. The minimum atomic E-state index is -0.244. The highest BCUT2D eigenvalue weighted by Crippen LogP contribution is 2.31. The van der Waals surface area contributed by atoms with Crippen LogP contribution in [0.15, 0.2) is 48.5 Å². The first-order valence-electron chi connectivity index (χ1n) is 7.85. The Labute approximate surface area is 153 Å². The van der Waals surface area contributed by atoms with Gasteiger partial charge in [-0.2, -0.15) is 0 Å². The highest BCUT2D eigenvalue weighted by Gasteiger charge is 2.31. The zero-order valence-corrected chi connectivity index (χ0v) is 15.8. The molecule has 0 spiro atoms. The van der Waals surface area contributed by atoms with Gasteiger partial charge in [0.2, 0.25) is 0 Å². The maximum atomic E-state index is 9.77. The molecule has 2 aromatic carbocycles. The van der Waals surface area contributed by atoms with Crippen LogP contribution >= 0.6 is 17.0 Å². The van der Waals surface area contributed by atoms with Crippen molar-refractivity contribution in [2.45, 2.75) is 31.7 Å². The number of aliphatic hydroxyl groups excluding tert-OH is 1. The number of nitrogens with one attached hydrogen (secondary N) is 1. The van der Waals surface area contributed by atoms with Crippen molar-refractivity contribution in [1.82, 2.24) is 5.32 Å². The fourth-order valence-electron chi connectivity index (χ4n) is 2.80. The van der Waals surface area contributed by atoms with Crippen LogP contribution in [0.3, 0.4) is 0 Å². The smallest absolute Gasteiger partial charge is 0.115 e. The summed E-state index contributed by atoms with van der Waals surface area (Å²) in [6.45, 7) is 4.82. The summed E-state index contributed by atoms with van der Waals surface area (Å²) < 4.78 is 0. The molecule has 0 fully saturated rings. The van der Waals surface area contributed by atoms with Gasteiger partial charge in [0.15, 0.2) is 0 Å². The molecule has 24 heavy (non-hydrogen) atoms. The standard InChI is InChI=1S/C19H25NO3.BrH/c1-19(2,15-4-3-5-17(23)13-15)18(20-10-11-21)12-14-6-8-16(22)9-7-14;/h3-9,13,18,20-23H,10-12H2,1-2H3;1H. The van der Waals surface area contributed by atoms with Crippen LogP contribution in [0.4, 0.5) is 0 Å². The van der Waals surface area contributed by atoms with Crippen LogP contribution in [0.25, 0.3) is 0 Å². The second-order valence-corrected chi connectivity index (χ2v) is 6.37. The predicted molar refractivity (Wildman–Crippen MR) is 102 cm³/mol. The molecule has 0 radical (unpaired) electrons. The SMILES string of the molecule is Br.CC(C)(c1cccc(O)c1)C(Cc1ccc(O)cc1)NCCO. The van der Waals surface area contributed by atoms with Gasteiger partial charge in [0.1, 0.15) is 11.5 Å². The van der Waals surface area contributed by atoms with E-state index in [0.29, 0.717) is 6.54 Å². The number of phenolic OH excluding ortho intramolecular Hbond substituents is 2. The maximum Gasteiger partial charge on any atom is 0.115 e. The van der Waals surface area contributed by atoms with Crippen molar-refractivity contribution in [2.24, 2.45) is 0 Å². The van der Waals surface area contributed by atoms with E-state index >= 15 is 0 Å². The van der Waals surface area contributed by atoms with Gasteiger partial charge < -0.3 is 20.6 Å². The molecule has 0 amide bonds. The Morgan fingerprint density at radius 1 is 1.00 bits per heavy atom. The molecule has 4 N–H and O–H groups in total. The Bertz CT molecular complexity index is 629. The normalized spacial score (nSPS) is 12.5. The summed E-state index contributed by atoms with van der Waals surface area (Å²) in [4.78, 5) is 0. The van der Waals surface area contributed by atoms with Crippen LogP contribution < -0.4 is 5.32 Å². The summed E-state index contributed by atoms with van der Waals surface area (Å²) in [6.07, 6.45) is 0.753. The molecule has 0 saturated heterocycles. The van der Waals surface area contributed by atoms with E-state index < -0.39 is 0 Å². The van der Waals surface area contributed by atoms with Gasteiger partial charge in [-0.15, -0.1) is 17.0 Å². The van der Waals surface area contributed by atoms with E-state index in [1.165, 1.54) is 0 Å². The zero-order valence-electron chi connectivity index (χ0n) is 14.1. The lowest BCUT2D eigenvalue weighted by molar-refractivity contribution is 0.261. The highest BCUT2D eigenvalue weighted by molar-refractivity contribution is 8.93. The van der Waals surface area contributed by atoms with Crippen molar-refractivity contribution >= 4 is 17.0 Å². The Morgan fingerprint density at radius 3 is 2.25 bits per heavy atom. The maximum absolute atomic E-state index is 9.77. The number of benzene rings is 2. The molecular formula is C19H26BrNO3. The summed E-state index contributed by atoms with van der Waals surface area (Å²) in [5.74, 6) is 0.502. The second-order valence-electron chi connectivity index (χ2n) is 6.37. The molecule has 0 aliphatic heterocycles. The summed E-state index contributed by atoms with van der Waals surface area (Å²) in [7, 11) is 0. The Morgan fingerprint density at radius 2 is 1.67 bits per heavy atom. The van der Waals surface area contributed by atoms with E-state index in [9.17, 15) is 10.2 Å². The molecule has 0 aliphatic rings. The van der Waals surface area contributed by atoms with Crippen LogP contribution in [-0.2, 0) is 11.8 Å². The van der Waals surface area contributed by atoms with Gasteiger partial charge in [0.25, 0.3) is 0 Å². The van der Waals surface area contributed by atoms with Gasteiger partial charge >= 0.3 is 0 Å². The van der Waals surface area contributed by atoms with Gasteiger partial charge in [0.05, 0.1) is 6.61 Å². The van der Waals surface area contributed by atoms with Crippen molar-refractivity contribution < 1.29 is 15.3 Å². The summed E-state index contributed by atoms with van der Waals surface area (Å²) in [5, 5.41) is 31.7.